The van der Waals surface area contributed by atoms with Crippen molar-refractivity contribution in [3.63, 3.8) is 0 Å². The molecule has 20 heavy (non-hydrogen) atoms. The second-order valence-electron chi connectivity index (χ2n) is 4.14. The van der Waals surface area contributed by atoms with Crippen LogP contribution in [0.4, 0.5) is 0 Å². The smallest absolute Gasteiger partial charge is 0.336 e. The summed E-state index contributed by atoms with van der Waals surface area (Å²) in [4.78, 5) is 10.9. The van der Waals surface area contributed by atoms with Crippen molar-refractivity contribution in [2.45, 2.75) is 6.92 Å². The topological polar surface area (TPSA) is 70.3 Å². The van der Waals surface area contributed by atoms with Gasteiger partial charge in [-0.1, -0.05) is 6.07 Å². The minimum absolute atomic E-state index is 0.167. The Morgan fingerprint density at radius 2 is 2.05 bits per heavy atom. The van der Waals surface area contributed by atoms with Gasteiger partial charge in [-0.05, 0) is 58.7 Å². The Balaban J connectivity index is 2.33. The molecule has 0 fully saturated rings. The Hall–Kier alpha value is -2.32. The Bertz CT molecular complexity index is 720. The van der Waals surface area contributed by atoms with Gasteiger partial charge in [-0.2, -0.15) is 5.26 Å². The van der Waals surface area contributed by atoms with E-state index in [0.717, 1.165) is 5.56 Å². The fourth-order valence-corrected chi connectivity index (χ4v) is 2.17. The van der Waals surface area contributed by atoms with E-state index in [1.165, 1.54) is 6.07 Å². The number of halogens is 1. The predicted octanol–water partition coefficient (Wildman–Crippen LogP) is 4.12. The molecule has 0 aliphatic carbocycles. The molecule has 0 aliphatic heterocycles. The third-order valence-electron chi connectivity index (χ3n) is 2.72. The van der Waals surface area contributed by atoms with E-state index in [-0.39, 0.29) is 5.56 Å². The van der Waals surface area contributed by atoms with E-state index in [9.17, 15) is 4.79 Å². The first-order valence-electron chi connectivity index (χ1n) is 5.72. The zero-order valence-corrected chi connectivity index (χ0v) is 12.1. The summed E-state index contributed by atoms with van der Waals surface area (Å²) < 4.78 is 6.13. The molecule has 0 radical (unpaired) electrons. The molecule has 0 aromatic heterocycles. The molecule has 0 atom stereocenters. The largest absolute Gasteiger partial charge is 0.478 e. The van der Waals surface area contributed by atoms with Crippen molar-refractivity contribution >= 4 is 21.9 Å². The van der Waals surface area contributed by atoms with Crippen LogP contribution in [-0.2, 0) is 0 Å². The van der Waals surface area contributed by atoms with E-state index < -0.39 is 5.97 Å². The second kappa shape index (κ2) is 5.76. The standard InChI is InChI=1S/C15H10BrNO3/c1-9-2-3-10(8-17)6-14(9)20-11-4-5-12(15(18)19)13(16)7-11/h2-7H,1H3,(H,18,19). The van der Waals surface area contributed by atoms with E-state index in [4.69, 9.17) is 15.1 Å². The molecule has 5 heteroatoms. The Morgan fingerprint density at radius 1 is 1.30 bits per heavy atom. The third kappa shape index (κ3) is 2.98. The van der Waals surface area contributed by atoms with Crippen LogP contribution in [-0.4, -0.2) is 11.1 Å². The first-order chi connectivity index (χ1) is 9.51. The third-order valence-corrected chi connectivity index (χ3v) is 3.37. The van der Waals surface area contributed by atoms with Gasteiger partial charge in [0.25, 0.3) is 0 Å². The molecule has 0 heterocycles. The zero-order chi connectivity index (χ0) is 14.7. The number of nitriles is 1. The van der Waals surface area contributed by atoms with Gasteiger partial charge in [0.2, 0.25) is 0 Å². The number of benzene rings is 2. The predicted molar refractivity (Wildman–Crippen MR) is 77.1 cm³/mol. The summed E-state index contributed by atoms with van der Waals surface area (Å²) in [5.74, 6) is 0.0603. The van der Waals surface area contributed by atoms with Crippen molar-refractivity contribution in [2.75, 3.05) is 0 Å². The van der Waals surface area contributed by atoms with E-state index >= 15 is 0 Å². The average Bonchev–Trinajstić information content (AvgIpc) is 2.41. The number of aryl methyl sites for hydroxylation is 1. The summed E-state index contributed by atoms with van der Waals surface area (Å²) in [5, 5.41) is 17.8. The van der Waals surface area contributed by atoms with Crippen molar-refractivity contribution < 1.29 is 14.6 Å². The number of hydrogen-bond acceptors (Lipinski definition) is 3. The first-order valence-corrected chi connectivity index (χ1v) is 6.52. The highest BCUT2D eigenvalue weighted by molar-refractivity contribution is 9.10. The van der Waals surface area contributed by atoms with Crippen molar-refractivity contribution in [1.29, 1.82) is 5.26 Å². The lowest BCUT2D eigenvalue weighted by molar-refractivity contribution is 0.0696. The van der Waals surface area contributed by atoms with Crippen LogP contribution < -0.4 is 4.74 Å². The van der Waals surface area contributed by atoms with E-state index in [1.54, 1.807) is 30.3 Å². The van der Waals surface area contributed by atoms with Crippen LogP contribution in [0.3, 0.4) is 0 Å². The summed E-state index contributed by atoms with van der Waals surface area (Å²) in [6, 6.07) is 11.8. The number of aromatic carboxylic acids is 1. The lowest BCUT2D eigenvalue weighted by Gasteiger charge is -2.10. The van der Waals surface area contributed by atoms with E-state index in [1.807, 2.05) is 13.0 Å². The van der Waals surface area contributed by atoms with Crippen LogP contribution in [0, 0.1) is 18.3 Å². The highest BCUT2D eigenvalue weighted by Crippen LogP contribution is 2.29. The van der Waals surface area contributed by atoms with Gasteiger partial charge in [0, 0.05) is 4.47 Å². The van der Waals surface area contributed by atoms with Crippen molar-refractivity contribution in [2.24, 2.45) is 0 Å². The Morgan fingerprint density at radius 3 is 2.65 bits per heavy atom. The average molecular weight is 332 g/mol. The van der Waals surface area contributed by atoms with Gasteiger partial charge in [-0.25, -0.2) is 4.79 Å². The van der Waals surface area contributed by atoms with Crippen LogP contribution >= 0.6 is 15.9 Å². The molecule has 1 N–H and O–H groups in total. The quantitative estimate of drug-likeness (QED) is 0.918. The number of carbonyl (C=O) groups is 1. The fourth-order valence-electron chi connectivity index (χ4n) is 1.64. The van der Waals surface area contributed by atoms with E-state index in [0.29, 0.717) is 21.5 Å². The molecule has 0 saturated carbocycles. The van der Waals surface area contributed by atoms with Gasteiger partial charge >= 0.3 is 5.97 Å². The Labute approximate surface area is 124 Å². The van der Waals surface area contributed by atoms with Crippen LogP contribution in [0.5, 0.6) is 11.5 Å². The molecule has 100 valence electrons. The highest BCUT2D eigenvalue weighted by Gasteiger charge is 2.10. The lowest BCUT2D eigenvalue weighted by atomic mass is 10.1. The maximum Gasteiger partial charge on any atom is 0.336 e. The summed E-state index contributed by atoms with van der Waals surface area (Å²) in [6.45, 7) is 1.87. The van der Waals surface area contributed by atoms with Crippen LogP contribution in [0.2, 0.25) is 0 Å². The molecule has 2 aromatic rings. The van der Waals surface area contributed by atoms with Crippen molar-refractivity contribution in [3.05, 3.63) is 57.6 Å². The van der Waals surface area contributed by atoms with Crippen molar-refractivity contribution in [3.8, 4) is 17.6 Å². The van der Waals surface area contributed by atoms with Crippen LogP contribution in [0.15, 0.2) is 40.9 Å². The molecule has 0 amide bonds. The first kappa shape index (κ1) is 14.1. The minimum atomic E-state index is -1.01. The monoisotopic (exact) mass is 331 g/mol. The van der Waals surface area contributed by atoms with Gasteiger partial charge in [0.05, 0.1) is 17.2 Å². The summed E-state index contributed by atoms with van der Waals surface area (Å²) >= 11 is 3.19. The molecular formula is C15H10BrNO3. The van der Waals surface area contributed by atoms with Gasteiger partial charge in [0.1, 0.15) is 11.5 Å². The molecule has 0 unspecified atom stereocenters. The van der Waals surface area contributed by atoms with E-state index in [2.05, 4.69) is 15.9 Å². The fraction of sp³-hybridized carbons (Fsp3) is 0.0667. The molecule has 2 rings (SSSR count). The summed E-state index contributed by atoms with van der Waals surface area (Å²) in [7, 11) is 0. The lowest BCUT2D eigenvalue weighted by Crippen LogP contribution is -1.97. The van der Waals surface area contributed by atoms with Gasteiger partial charge in [-0.15, -0.1) is 0 Å². The highest BCUT2D eigenvalue weighted by atomic mass is 79.9. The van der Waals surface area contributed by atoms with Crippen LogP contribution in [0.25, 0.3) is 0 Å². The number of carboxylic acid groups (broad SMARTS) is 1. The maximum absolute atomic E-state index is 10.9. The number of nitrogens with zero attached hydrogens (tertiary/aromatic N) is 1. The normalized spacial score (nSPS) is 9.85. The molecule has 0 bridgehead atoms. The number of hydrogen-bond donors (Lipinski definition) is 1. The minimum Gasteiger partial charge on any atom is -0.478 e. The Kier molecular flexibility index (Phi) is 4.06. The second-order valence-corrected chi connectivity index (χ2v) is 5.00. The van der Waals surface area contributed by atoms with Gasteiger partial charge < -0.3 is 9.84 Å². The zero-order valence-electron chi connectivity index (χ0n) is 10.6. The molecular weight excluding hydrogens is 322 g/mol. The molecule has 0 saturated heterocycles. The number of carboxylic acids is 1. The number of ether oxygens (including phenoxy) is 1. The summed E-state index contributed by atoms with van der Waals surface area (Å²) in [6.07, 6.45) is 0. The van der Waals surface area contributed by atoms with Gasteiger partial charge in [0.15, 0.2) is 0 Å². The van der Waals surface area contributed by atoms with Crippen molar-refractivity contribution in [1.82, 2.24) is 0 Å². The number of rotatable bonds is 3. The molecule has 0 spiro atoms. The summed E-state index contributed by atoms with van der Waals surface area (Å²) in [5.41, 5.74) is 1.56. The SMILES string of the molecule is Cc1ccc(C#N)cc1Oc1ccc(C(=O)O)c(Br)c1. The molecule has 4 nitrogen and oxygen atoms in total. The van der Waals surface area contributed by atoms with Crippen LogP contribution in [0.1, 0.15) is 21.5 Å². The van der Waals surface area contributed by atoms with Gasteiger partial charge in [-0.3, -0.25) is 0 Å². The molecule has 2 aromatic carbocycles. The maximum atomic E-state index is 10.9. The molecule has 0 aliphatic rings.